The molecule has 0 bridgehead atoms. The molecule has 0 aliphatic carbocycles. The Bertz CT molecular complexity index is 585. The van der Waals surface area contributed by atoms with Crippen molar-refractivity contribution in [2.45, 2.75) is 20.8 Å². The number of carboxylic acid groups (broad SMARTS) is 1. The molecule has 88 valence electrons. The lowest BCUT2D eigenvalue weighted by molar-refractivity contribution is 0.0695. The molecule has 0 aliphatic heterocycles. The molecule has 2 aromatic rings. The first-order valence-electron chi connectivity index (χ1n) is 5.38. The van der Waals surface area contributed by atoms with Gasteiger partial charge in [-0.05, 0) is 32.4 Å². The topological polar surface area (TPSA) is 55.1 Å². The number of carbonyl (C=O) groups is 1. The summed E-state index contributed by atoms with van der Waals surface area (Å²) < 4.78 is 1.69. The summed E-state index contributed by atoms with van der Waals surface area (Å²) in [5.41, 5.74) is 3.46. The van der Waals surface area contributed by atoms with Gasteiger partial charge in [0.05, 0.1) is 17.1 Å². The molecule has 0 fully saturated rings. The molecule has 0 aliphatic rings. The van der Waals surface area contributed by atoms with Crippen LogP contribution in [0.3, 0.4) is 0 Å². The largest absolute Gasteiger partial charge is 0.478 e. The van der Waals surface area contributed by atoms with Crippen molar-refractivity contribution in [3.63, 3.8) is 0 Å². The number of aromatic nitrogens is 2. The summed E-state index contributed by atoms with van der Waals surface area (Å²) in [6.07, 6.45) is 0. The molecular weight excluding hydrogens is 216 g/mol. The molecular formula is C13H14N2O2. The summed E-state index contributed by atoms with van der Waals surface area (Å²) in [6, 6.07) is 7.77. The van der Waals surface area contributed by atoms with Gasteiger partial charge in [0.1, 0.15) is 5.56 Å². The van der Waals surface area contributed by atoms with E-state index in [-0.39, 0.29) is 5.56 Å². The van der Waals surface area contributed by atoms with Crippen LogP contribution in [0.4, 0.5) is 0 Å². The van der Waals surface area contributed by atoms with E-state index in [4.69, 9.17) is 5.11 Å². The molecule has 0 amide bonds. The fourth-order valence-electron chi connectivity index (χ4n) is 1.99. The Morgan fingerprint density at radius 2 is 1.88 bits per heavy atom. The van der Waals surface area contributed by atoms with Crippen LogP contribution in [0.1, 0.15) is 27.3 Å². The number of nitrogens with zero attached hydrogens (tertiary/aromatic N) is 2. The summed E-state index contributed by atoms with van der Waals surface area (Å²) in [7, 11) is 0. The second kappa shape index (κ2) is 4.05. The molecule has 4 heteroatoms. The molecule has 0 unspecified atom stereocenters. The summed E-state index contributed by atoms with van der Waals surface area (Å²) in [4.78, 5) is 11.1. The van der Waals surface area contributed by atoms with Gasteiger partial charge in [-0.1, -0.05) is 18.2 Å². The Kier molecular flexibility index (Phi) is 2.71. The Balaban J connectivity index is 2.66. The molecule has 1 heterocycles. The van der Waals surface area contributed by atoms with Crippen LogP contribution in [0.25, 0.3) is 5.69 Å². The van der Waals surface area contributed by atoms with E-state index < -0.39 is 5.97 Å². The Labute approximate surface area is 99.5 Å². The van der Waals surface area contributed by atoms with E-state index in [1.807, 2.05) is 31.2 Å². The first-order chi connectivity index (χ1) is 8.02. The molecule has 2 rings (SSSR count). The maximum absolute atomic E-state index is 11.1. The first kappa shape index (κ1) is 11.4. The molecule has 0 spiro atoms. The number of benzene rings is 1. The third kappa shape index (κ3) is 1.82. The number of aromatic carboxylic acids is 1. The van der Waals surface area contributed by atoms with Crippen molar-refractivity contribution in [1.82, 2.24) is 9.78 Å². The number of aryl methyl sites for hydroxylation is 2. The monoisotopic (exact) mass is 230 g/mol. The number of hydrogen-bond acceptors (Lipinski definition) is 2. The van der Waals surface area contributed by atoms with E-state index in [1.165, 1.54) is 0 Å². The zero-order valence-corrected chi connectivity index (χ0v) is 10.1. The molecule has 1 N–H and O–H groups in total. The predicted molar refractivity (Wildman–Crippen MR) is 64.7 cm³/mol. The lowest BCUT2D eigenvalue weighted by atomic mass is 10.2. The van der Waals surface area contributed by atoms with Gasteiger partial charge in [-0.15, -0.1) is 0 Å². The van der Waals surface area contributed by atoms with Gasteiger partial charge in [0.25, 0.3) is 0 Å². The SMILES string of the molecule is Cc1ccccc1-n1nc(C)c(C(=O)O)c1C. The second-order valence-electron chi connectivity index (χ2n) is 4.05. The van der Waals surface area contributed by atoms with E-state index in [0.29, 0.717) is 11.4 Å². The molecule has 0 atom stereocenters. The van der Waals surface area contributed by atoms with Crippen LogP contribution >= 0.6 is 0 Å². The van der Waals surface area contributed by atoms with Crippen LogP contribution in [-0.4, -0.2) is 20.9 Å². The minimum Gasteiger partial charge on any atom is -0.478 e. The van der Waals surface area contributed by atoms with E-state index in [9.17, 15) is 4.79 Å². The third-order valence-corrected chi connectivity index (χ3v) is 2.85. The lowest BCUT2D eigenvalue weighted by Crippen LogP contribution is -2.03. The summed E-state index contributed by atoms with van der Waals surface area (Å²) in [5.74, 6) is -0.931. The highest BCUT2D eigenvalue weighted by molar-refractivity contribution is 5.90. The van der Waals surface area contributed by atoms with Crippen molar-refractivity contribution in [3.05, 3.63) is 46.8 Å². The summed E-state index contributed by atoms with van der Waals surface area (Å²) in [5, 5.41) is 13.4. The number of para-hydroxylation sites is 1. The fraction of sp³-hybridized carbons (Fsp3) is 0.231. The maximum Gasteiger partial charge on any atom is 0.339 e. The van der Waals surface area contributed by atoms with Crippen LogP contribution < -0.4 is 0 Å². The van der Waals surface area contributed by atoms with Crippen molar-refractivity contribution in [3.8, 4) is 5.69 Å². The molecule has 4 nitrogen and oxygen atoms in total. The number of hydrogen-bond donors (Lipinski definition) is 1. The van der Waals surface area contributed by atoms with Crippen molar-refractivity contribution in [1.29, 1.82) is 0 Å². The van der Waals surface area contributed by atoms with E-state index >= 15 is 0 Å². The van der Waals surface area contributed by atoms with Gasteiger partial charge in [-0.25, -0.2) is 9.48 Å². The van der Waals surface area contributed by atoms with Gasteiger partial charge < -0.3 is 5.11 Å². The summed E-state index contributed by atoms with van der Waals surface area (Å²) >= 11 is 0. The van der Waals surface area contributed by atoms with Gasteiger partial charge in [-0.2, -0.15) is 5.10 Å². The quantitative estimate of drug-likeness (QED) is 0.862. The van der Waals surface area contributed by atoms with Crippen LogP contribution in [0, 0.1) is 20.8 Å². The molecule has 0 radical (unpaired) electrons. The Hall–Kier alpha value is -2.10. The van der Waals surface area contributed by atoms with Gasteiger partial charge in [0.15, 0.2) is 0 Å². The van der Waals surface area contributed by atoms with Gasteiger partial charge in [-0.3, -0.25) is 0 Å². The minimum absolute atomic E-state index is 0.285. The maximum atomic E-state index is 11.1. The van der Waals surface area contributed by atoms with Gasteiger partial charge >= 0.3 is 5.97 Å². The Morgan fingerprint density at radius 3 is 2.41 bits per heavy atom. The molecule has 0 saturated heterocycles. The second-order valence-corrected chi connectivity index (χ2v) is 4.05. The van der Waals surface area contributed by atoms with E-state index in [0.717, 1.165) is 11.3 Å². The highest BCUT2D eigenvalue weighted by Gasteiger charge is 2.18. The zero-order chi connectivity index (χ0) is 12.6. The molecule has 1 aromatic carbocycles. The fourth-order valence-corrected chi connectivity index (χ4v) is 1.99. The average molecular weight is 230 g/mol. The Morgan fingerprint density at radius 1 is 1.24 bits per heavy atom. The first-order valence-corrected chi connectivity index (χ1v) is 5.38. The van der Waals surface area contributed by atoms with Crippen molar-refractivity contribution >= 4 is 5.97 Å². The molecule has 17 heavy (non-hydrogen) atoms. The minimum atomic E-state index is -0.931. The number of carboxylic acids is 1. The zero-order valence-electron chi connectivity index (χ0n) is 10.1. The van der Waals surface area contributed by atoms with Crippen molar-refractivity contribution < 1.29 is 9.90 Å². The smallest absolute Gasteiger partial charge is 0.339 e. The standard InChI is InChI=1S/C13H14N2O2/c1-8-6-4-5-7-11(8)15-10(3)12(13(16)17)9(2)14-15/h4-7H,1-3H3,(H,16,17). The highest BCUT2D eigenvalue weighted by atomic mass is 16.4. The molecule has 0 saturated carbocycles. The van der Waals surface area contributed by atoms with Crippen LogP contribution in [0.5, 0.6) is 0 Å². The van der Waals surface area contributed by atoms with E-state index in [2.05, 4.69) is 5.10 Å². The lowest BCUT2D eigenvalue weighted by Gasteiger charge is -2.07. The normalized spacial score (nSPS) is 10.5. The van der Waals surface area contributed by atoms with Crippen LogP contribution in [-0.2, 0) is 0 Å². The van der Waals surface area contributed by atoms with Crippen molar-refractivity contribution in [2.24, 2.45) is 0 Å². The predicted octanol–water partition coefficient (Wildman–Crippen LogP) is 2.50. The highest BCUT2D eigenvalue weighted by Crippen LogP contribution is 2.20. The van der Waals surface area contributed by atoms with Gasteiger partial charge in [0.2, 0.25) is 0 Å². The number of rotatable bonds is 2. The van der Waals surface area contributed by atoms with Crippen molar-refractivity contribution in [2.75, 3.05) is 0 Å². The third-order valence-electron chi connectivity index (χ3n) is 2.85. The van der Waals surface area contributed by atoms with Gasteiger partial charge in [0, 0.05) is 0 Å². The summed E-state index contributed by atoms with van der Waals surface area (Å²) in [6.45, 7) is 5.47. The van der Waals surface area contributed by atoms with Crippen LogP contribution in [0.2, 0.25) is 0 Å². The molecule has 1 aromatic heterocycles. The van der Waals surface area contributed by atoms with Crippen LogP contribution in [0.15, 0.2) is 24.3 Å². The van der Waals surface area contributed by atoms with E-state index in [1.54, 1.807) is 18.5 Å². The average Bonchev–Trinajstić information content (AvgIpc) is 2.55.